The predicted molar refractivity (Wildman–Crippen MR) is 175 cm³/mol. The molecule has 0 spiro atoms. The number of amides is 5. The lowest BCUT2D eigenvalue weighted by molar-refractivity contribution is -0.142. The number of nitrogens with zero attached hydrogens (tertiary/aromatic N) is 1. The third kappa shape index (κ3) is 9.11. The van der Waals surface area contributed by atoms with E-state index in [1.54, 1.807) is 20.0 Å². The molecule has 3 heterocycles. The Labute approximate surface area is 275 Å². The Morgan fingerprint density at radius 1 is 0.872 bits per heavy atom. The molecule has 0 unspecified atom stereocenters. The number of carbonyl (C=O) groups is 6. The lowest BCUT2D eigenvalue weighted by atomic mass is 9.98. The number of aromatic amines is 1. The summed E-state index contributed by atoms with van der Waals surface area (Å²) in [6.45, 7) is 7.72. The van der Waals surface area contributed by atoms with E-state index in [1.807, 2.05) is 38.1 Å². The summed E-state index contributed by atoms with van der Waals surface area (Å²) in [6.07, 6.45) is 3.84. The number of nitrogens with one attached hydrogen (secondary N) is 5. The Morgan fingerprint density at radius 3 is 2.26 bits per heavy atom. The van der Waals surface area contributed by atoms with Crippen molar-refractivity contribution < 1.29 is 33.9 Å². The summed E-state index contributed by atoms with van der Waals surface area (Å²) in [5.74, 6) is -3.86. The molecular weight excluding hydrogens is 604 g/mol. The van der Waals surface area contributed by atoms with E-state index >= 15 is 0 Å². The molecule has 2 aliphatic heterocycles. The van der Waals surface area contributed by atoms with Gasteiger partial charge in [0, 0.05) is 36.5 Å². The molecule has 0 bridgehead atoms. The van der Waals surface area contributed by atoms with Gasteiger partial charge in [0.1, 0.15) is 30.2 Å². The van der Waals surface area contributed by atoms with E-state index in [0.717, 1.165) is 16.5 Å². The summed E-state index contributed by atoms with van der Waals surface area (Å²) >= 11 is 0. The van der Waals surface area contributed by atoms with Crippen LogP contribution in [0.15, 0.2) is 30.5 Å². The van der Waals surface area contributed by atoms with Gasteiger partial charge < -0.3 is 36.3 Å². The molecule has 2 saturated heterocycles. The molecule has 0 aliphatic carbocycles. The number of aromatic nitrogens is 1. The highest BCUT2D eigenvalue weighted by atomic mass is 16.4. The average Bonchev–Trinajstić information content (AvgIpc) is 3.67. The second-order valence-corrected chi connectivity index (χ2v) is 13.4. The standard InChI is InChI=1S/C34H48N6O7/c1-19(2)16-25-30(43)37-26(17-21-18-35-23-11-6-5-10-22(21)23)31(44)36-24(12-7-8-14-28(41)42)34(47)40-15-9-13-27(40)32(45)39-29(20(3)4)33(46)38-25/h5-6,10-11,18-20,24-27,29,35H,7-9,12-17H2,1-4H3,(H,36,44)(H,37,43)(H,38,46)(H,39,45)(H,41,42)/t24-,25+,26-,27+,29-/m1/s1. The zero-order valence-electron chi connectivity index (χ0n) is 27.6. The van der Waals surface area contributed by atoms with Crippen LogP contribution in [-0.4, -0.2) is 87.2 Å². The van der Waals surface area contributed by atoms with Crippen LogP contribution in [0.25, 0.3) is 10.9 Å². The summed E-state index contributed by atoms with van der Waals surface area (Å²) in [5.41, 5.74) is 1.64. The molecule has 13 heteroatoms. The van der Waals surface area contributed by atoms with Crippen molar-refractivity contribution in [3.63, 3.8) is 0 Å². The number of rotatable bonds is 10. The fourth-order valence-electron chi connectivity index (χ4n) is 6.41. The quantitative estimate of drug-likeness (QED) is 0.212. The van der Waals surface area contributed by atoms with Crippen molar-refractivity contribution >= 4 is 46.4 Å². The maximum absolute atomic E-state index is 14.1. The maximum atomic E-state index is 14.1. The van der Waals surface area contributed by atoms with Crippen LogP contribution >= 0.6 is 0 Å². The van der Waals surface area contributed by atoms with Gasteiger partial charge in [-0.1, -0.05) is 52.3 Å². The minimum absolute atomic E-state index is 0.0148. The van der Waals surface area contributed by atoms with Crippen LogP contribution in [0, 0.1) is 11.8 Å². The highest BCUT2D eigenvalue weighted by Gasteiger charge is 2.41. The van der Waals surface area contributed by atoms with Gasteiger partial charge in [-0.15, -0.1) is 0 Å². The van der Waals surface area contributed by atoms with E-state index < -0.39 is 65.7 Å². The third-order valence-corrected chi connectivity index (χ3v) is 8.91. The normalized spacial score (nSPS) is 24.8. The highest BCUT2D eigenvalue weighted by Crippen LogP contribution is 2.23. The summed E-state index contributed by atoms with van der Waals surface area (Å²) in [5, 5.41) is 21.4. The van der Waals surface area contributed by atoms with E-state index in [4.69, 9.17) is 5.11 Å². The molecule has 5 amide bonds. The summed E-state index contributed by atoms with van der Waals surface area (Å²) in [4.78, 5) is 85.0. The van der Waals surface area contributed by atoms with Crippen molar-refractivity contribution in [1.82, 2.24) is 31.2 Å². The van der Waals surface area contributed by atoms with Crippen LogP contribution in [0.4, 0.5) is 0 Å². The second kappa shape index (κ2) is 15.9. The Morgan fingerprint density at radius 2 is 1.55 bits per heavy atom. The Kier molecular flexibility index (Phi) is 12.0. The summed E-state index contributed by atoms with van der Waals surface area (Å²) in [6, 6.07) is 2.63. The number of benzene rings is 1. The van der Waals surface area contributed by atoms with Gasteiger partial charge in [0.15, 0.2) is 0 Å². The molecule has 5 atom stereocenters. The van der Waals surface area contributed by atoms with Crippen LogP contribution < -0.4 is 21.3 Å². The maximum Gasteiger partial charge on any atom is 0.303 e. The molecule has 2 fully saturated rings. The van der Waals surface area contributed by atoms with Gasteiger partial charge in [-0.25, -0.2) is 0 Å². The van der Waals surface area contributed by atoms with Gasteiger partial charge in [0.05, 0.1) is 0 Å². The number of carboxylic acid groups (broad SMARTS) is 1. The molecule has 47 heavy (non-hydrogen) atoms. The average molecular weight is 653 g/mol. The van der Waals surface area contributed by atoms with Crippen molar-refractivity contribution in [1.29, 1.82) is 0 Å². The predicted octanol–water partition coefficient (Wildman–Crippen LogP) is 2.00. The fraction of sp³-hybridized carbons (Fsp3) is 0.588. The largest absolute Gasteiger partial charge is 0.481 e. The second-order valence-electron chi connectivity index (χ2n) is 13.4. The molecule has 6 N–H and O–H groups in total. The van der Waals surface area contributed by atoms with Gasteiger partial charge in [-0.2, -0.15) is 0 Å². The summed E-state index contributed by atoms with van der Waals surface area (Å²) in [7, 11) is 0. The lowest BCUT2D eigenvalue weighted by Crippen LogP contribution is -2.59. The molecule has 2 aliphatic rings. The Bertz CT molecular complexity index is 1470. The Hall–Kier alpha value is -4.42. The number of H-pyrrole nitrogens is 1. The van der Waals surface area contributed by atoms with Gasteiger partial charge >= 0.3 is 5.97 Å². The molecule has 2 aromatic rings. The number of para-hydroxylation sites is 1. The molecule has 1 aromatic heterocycles. The number of carbonyl (C=O) groups excluding carboxylic acids is 5. The van der Waals surface area contributed by atoms with Crippen LogP contribution in [0.3, 0.4) is 0 Å². The van der Waals surface area contributed by atoms with Gasteiger partial charge in [-0.05, 0) is 55.6 Å². The number of hydrogen-bond donors (Lipinski definition) is 6. The molecule has 0 saturated carbocycles. The van der Waals surface area contributed by atoms with Gasteiger partial charge in [-0.3, -0.25) is 28.8 Å². The van der Waals surface area contributed by atoms with Gasteiger partial charge in [0.25, 0.3) is 0 Å². The van der Waals surface area contributed by atoms with Crippen LogP contribution in [0.2, 0.25) is 0 Å². The first-order chi connectivity index (χ1) is 22.3. The number of fused-ring (bicyclic) bond motifs is 2. The van der Waals surface area contributed by atoms with Crippen molar-refractivity contribution in [3.05, 3.63) is 36.0 Å². The molecule has 4 rings (SSSR count). The van der Waals surface area contributed by atoms with E-state index in [9.17, 15) is 28.8 Å². The smallest absolute Gasteiger partial charge is 0.303 e. The molecule has 256 valence electrons. The van der Waals surface area contributed by atoms with E-state index in [-0.39, 0.29) is 31.1 Å². The first-order valence-electron chi connectivity index (χ1n) is 16.6. The fourth-order valence-corrected chi connectivity index (χ4v) is 6.41. The zero-order valence-corrected chi connectivity index (χ0v) is 27.6. The molecule has 0 radical (unpaired) electrons. The third-order valence-electron chi connectivity index (χ3n) is 8.91. The molecular formula is C34H48N6O7. The van der Waals surface area contributed by atoms with E-state index in [0.29, 0.717) is 38.6 Å². The zero-order chi connectivity index (χ0) is 34.2. The SMILES string of the molecule is CC(C)C[C@@H]1NC(=O)[C@@H](C(C)C)NC(=O)[C@@H]2CCCN2C(=O)[C@@H](CCCCC(=O)O)NC(=O)[C@@H](Cc2c[nH]c3ccccc23)NC1=O. The van der Waals surface area contributed by atoms with Crippen LogP contribution in [-0.2, 0) is 35.2 Å². The van der Waals surface area contributed by atoms with Crippen molar-refractivity contribution in [3.8, 4) is 0 Å². The van der Waals surface area contributed by atoms with E-state index in [2.05, 4.69) is 26.3 Å². The number of hydrogen-bond acceptors (Lipinski definition) is 6. The first kappa shape index (κ1) is 35.4. The monoisotopic (exact) mass is 652 g/mol. The first-order valence-corrected chi connectivity index (χ1v) is 16.6. The summed E-state index contributed by atoms with van der Waals surface area (Å²) < 4.78 is 0. The molecule has 13 nitrogen and oxygen atoms in total. The topological polar surface area (TPSA) is 190 Å². The van der Waals surface area contributed by atoms with Crippen molar-refractivity contribution in [2.24, 2.45) is 11.8 Å². The van der Waals surface area contributed by atoms with Crippen LogP contribution in [0.5, 0.6) is 0 Å². The minimum atomic E-state index is -1.11. The van der Waals surface area contributed by atoms with Crippen molar-refractivity contribution in [2.75, 3.05) is 6.54 Å². The van der Waals surface area contributed by atoms with Crippen LogP contribution in [0.1, 0.15) is 78.2 Å². The van der Waals surface area contributed by atoms with Crippen molar-refractivity contribution in [2.45, 2.75) is 109 Å². The Balaban J connectivity index is 1.74. The van der Waals surface area contributed by atoms with E-state index in [1.165, 1.54) is 4.90 Å². The number of unbranched alkanes of at least 4 members (excludes halogenated alkanes) is 1. The highest BCUT2D eigenvalue weighted by molar-refractivity contribution is 5.98. The number of carboxylic acids is 1. The molecule has 1 aromatic carbocycles. The van der Waals surface area contributed by atoms with Gasteiger partial charge in [0.2, 0.25) is 29.5 Å². The lowest BCUT2D eigenvalue weighted by Gasteiger charge is -2.31. The number of aliphatic carboxylic acids is 1. The minimum Gasteiger partial charge on any atom is -0.481 e.